The van der Waals surface area contributed by atoms with Crippen LogP contribution in [0.2, 0.25) is 0 Å². The second-order valence-electron chi connectivity index (χ2n) is 6.31. The van der Waals surface area contributed by atoms with Gasteiger partial charge in [0.15, 0.2) is 11.5 Å². The first-order chi connectivity index (χ1) is 12.5. The molecular formula is C18H22N2O6. The van der Waals surface area contributed by atoms with Crippen LogP contribution in [0.4, 0.5) is 5.69 Å². The summed E-state index contributed by atoms with van der Waals surface area (Å²) >= 11 is 0. The Morgan fingerprint density at radius 1 is 1.12 bits per heavy atom. The lowest BCUT2D eigenvalue weighted by Gasteiger charge is -2.20. The lowest BCUT2D eigenvalue weighted by molar-refractivity contribution is -0.122. The van der Waals surface area contributed by atoms with Gasteiger partial charge in [-0.3, -0.25) is 19.3 Å². The fraction of sp³-hybridized carbons (Fsp3) is 0.500. The van der Waals surface area contributed by atoms with Gasteiger partial charge in [0, 0.05) is 12.1 Å². The van der Waals surface area contributed by atoms with Crippen molar-refractivity contribution in [2.75, 3.05) is 32.8 Å². The van der Waals surface area contributed by atoms with Crippen LogP contribution in [-0.2, 0) is 9.59 Å². The maximum atomic E-state index is 12.5. The number of Topliss-reactive ketones (excluding diaryl/α,β-unsaturated/α-hetero) is 1. The molecule has 1 aromatic rings. The van der Waals surface area contributed by atoms with Crippen LogP contribution in [-0.4, -0.2) is 51.5 Å². The van der Waals surface area contributed by atoms with Gasteiger partial charge in [-0.25, -0.2) is 0 Å². The number of nitrogens with zero attached hydrogens (tertiary/aromatic N) is 1. The van der Waals surface area contributed by atoms with E-state index in [1.54, 1.807) is 0 Å². The van der Waals surface area contributed by atoms with Gasteiger partial charge in [-0.05, 0) is 12.8 Å². The van der Waals surface area contributed by atoms with Crippen LogP contribution < -0.4 is 24.4 Å². The highest BCUT2D eigenvalue weighted by atomic mass is 16.5. The lowest BCUT2D eigenvalue weighted by Crippen LogP contribution is -2.43. The third-order valence-electron chi connectivity index (χ3n) is 4.79. The van der Waals surface area contributed by atoms with Crippen LogP contribution in [0.3, 0.4) is 0 Å². The molecule has 26 heavy (non-hydrogen) atoms. The standard InChI is InChI=1S/C18H22N2O6/c1-24-12-8-11-14(17(26-3)16(12)25-2)15(22)18(23)20(11)9-13(21)19-10-6-4-5-7-10/h8,10H,4-7,9H2,1-3H3,(H,19,21). The van der Waals surface area contributed by atoms with E-state index < -0.39 is 11.7 Å². The molecule has 2 aliphatic rings. The van der Waals surface area contributed by atoms with E-state index >= 15 is 0 Å². The second kappa shape index (κ2) is 7.23. The molecule has 1 aromatic carbocycles. The van der Waals surface area contributed by atoms with E-state index in [1.807, 2.05) is 0 Å². The number of hydrogen-bond donors (Lipinski definition) is 1. The van der Waals surface area contributed by atoms with Crippen molar-refractivity contribution in [2.24, 2.45) is 0 Å². The molecule has 0 aromatic heterocycles. The highest BCUT2D eigenvalue weighted by molar-refractivity contribution is 6.53. The average Bonchev–Trinajstić information content (AvgIpc) is 3.22. The number of carbonyl (C=O) groups excluding carboxylic acids is 3. The van der Waals surface area contributed by atoms with Crippen molar-refractivity contribution in [3.05, 3.63) is 11.6 Å². The number of ketones is 1. The first-order valence-electron chi connectivity index (χ1n) is 8.50. The van der Waals surface area contributed by atoms with Crippen LogP contribution in [0.1, 0.15) is 36.0 Å². The zero-order valence-electron chi connectivity index (χ0n) is 15.1. The smallest absolute Gasteiger partial charge is 0.300 e. The summed E-state index contributed by atoms with van der Waals surface area (Å²) in [6.45, 7) is -0.229. The zero-order chi connectivity index (χ0) is 18.8. The van der Waals surface area contributed by atoms with Crippen molar-refractivity contribution in [3.8, 4) is 17.2 Å². The summed E-state index contributed by atoms with van der Waals surface area (Å²) in [5.74, 6) is -1.13. The number of nitrogens with one attached hydrogen (secondary N) is 1. The number of amides is 2. The molecule has 0 spiro atoms. The fourth-order valence-corrected chi connectivity index (χ4v) is 3.56. The quantitative estimate of drug-likeness (QED) is 0.767. The van der Waals surface area contributed by atoms with Crippen molar-refractivity contribution < 1.29 is 28.6 Å². The number of methoxy groups -OCH3 is 3. The topological polar surface area (TPSA) is 94.2 Å². The molecule has 1 saturated carbocycles. The number of ether oxygens (including phenoxy) is 3. The van der Waals surface area contributed by atoms with Gasteiger partial charge in [-0.1, -0.05) is 12.8 Å². The Morgan fingerprint density at radius 2 is 1.77 bits per heavy atom. The van der Waals surface area contributed by atoms with Crippen LogP contribution in [0, 0.1) is 0 Å². The molecule has 0 unspecified atom stereocenters. The average molecular weight is 362 g/mol. The van der Waals surface area contributed by atoms with Crippen molar-refractivity contribution in [2.45, 2.75) is 31.7 Å². The highest BCUT2D eigenvalue weighted by Crippen LogP contribution is 2.47. The van der Waals surface area contributed by atoms with E-state index in [4.69, 9.17) is 14.2 Å². The summed E-state index contributed by atoms with van der Waals surface area (Å²) in [5.41, 5.74) is 0.375. The molecule has 1 fully saturated rings. The molecule has 2 amide bonds. The summed E-state index contributed by atoms with van der Waals surface area (Å²) in [6, 6.07) is 1.65. The number of rotatable bonds is 6. The van der Waals surface area contributed by atoms with Crippen molar-refractivity contribution in [1.29, 1.82) is 0 Å². The SMILES string of the molecule is COc1cc2c(c(OC)c1OC)C(=O)C(=O)N2CC(=O)NC1CCCC1. The molecule has 1 aliphatic carbocycles. The minimum Gasteiger partial charge on any atom is -0.493 e. The van der Waals surface area contributed by atoms with Gasteiger partial charge >= 0.3 is 0 Å². The second-order valence-corrected chi connectivity index (χ2v) is 6.31. The van der Waals surface area contributed by atoms with Crippen LogP contribution in [0.15, 0.2) is 6.07 Å². The molecule has 0 bridgehead atoms. The largest absolute Gasteiger partial charge is 0.493 e. The van der Waals surface area contributed by atoms with Crippen molar-refractivity contribution in [3.63, 3.8) is 0 Å². The normalized spacial score (nSPS) is 16.7. The summed E-state index contributed by atoms with van der Waals surface area (Å²) < 4.78 is 15.8. The maximum Gasteiger partial charge on any atom is 0.300 e. The van der Waals surface area contributed by atoms with E-state index in [0.29, 0.717) is 5.75 Å². The number of benzene rings is 1. The first kappa shape index (κ1) is 18.0. The highest BCUT2D eigenvalue weighted by Gasteiger charge is 2.42. The van der Waals surface area contributed by atoms with Gasteiger partial charge in [0.05, 0.1) is 32.6 Å². The van der Waals surface area contributed by atoms with Crippen LogP contribution in [0.5, 0.6) is 17.2 Å². The van der Waals surface area contributed by atoms with E-state index in [9.17, 15) is 14.4 Å². The van der Waals surface area contributed by atoms with Crippen LogP contribution in [0.25, 0.3) is 0 Å². The third-order valence-corrected chi connectivity index (χ3v) is 4.79. The Labute approximate surface area is 151 Å². The zero-order valence-corrected chi connectivity index (χ0v) is 15.1. The molecule has 0 atom stereocenters. The van der Waals surface area contributed by atoms with E-state index in [1.165, 1.54) is 27.4 Å². The predicted molar refractivity (Wildman–Crippen MR) is 93.2 cm³/mol. The number of fused-ring (bicyclic) bond motifs is 1. The van der Waals surface area contributed by atoms with Crippen molar-refractivity contribution in [1.82, 2.24) is 5.32 Å². The third kappa shape index (κ3) is 2.95. The first-order valence-corrected chi connectivity index (χ1v) is 8.50. The Bertz CT molecular complexity index is 755. The molecule has 1 heterocycles. The van der Waals surface area contributed by atoms with Gasteiger partial charge in [0.2, 0.25) is 11.7 Å². The molecule has 0 radical (unpaired) electrons. The molecule has 8 heteroatoms. The Morgan fingerprint density at radius 3 is 2.35 bits per heavy atom. The number of carbonyl (C=O) groups is 3. The Kier molecular flexibility index (Phi) is 5.01. The van der Waals surface area contributed by atoms with Gasteiger partial charge < -0.3 is 19.5 Å². The molecule has 0 saturated heterocycles. The predicted octanol–water partition coefficient (Wildman–Crippen LogP) is 1.30. The summed E-state index contributed by atoms with van der Waals surface area (Å²) in [7, 11) is 4.24. The molecule has 1 aliphatic heterocycles. The summed E-state index contributed by atoms with van der Waals surface area (Å²) in [6.07, 6.45) is 4.05. The monoisotopic (exact) mass is 362 g/mol. The van der Waals surface area contributed by atoms with E-state index in [0.717, 1.165) is 30.6 Å². The summed E-state index contributed by atoms with van der Waals surface area (Å²) in [5, 5.41) is 2.92. The molecule has 3 rings (SSSR count). The number of hydrogen-bond acceptors (Lipinski definition) is 6. The molecule has 8 nitrogen and oxygen atoms in total. The molecule has 140 valence electrons. The van der Waals surface area contributed by atoms with Gasteiger partial charge in [0.25, 0.3) is 11.7 Å². The van der Waals surface area contributed by atoms with Gasteiger partial charge in [0.1, 0.15) is 6.54 Å². The van der Waals surface area contributed by atoms with E-state index in [2.05, 4.69) is 5.32 Å². The van der Waals surface area contributed by atoms with Crippen LogP contribution >= 0.6 is 0 Å². The summed E-state index contributed by atoms with van der Waals surface area (Å²) in [4.78, 5) is 38.4. The van der Waals surface area contributed by atoms with Crippen molar-refractivity contribution >= 4 is 23.3 Å². The van der Waals surface area contributed by atoms with Gasteiger partial charge in [-0.2, -0.15) is 0 Å². The minimum atomic E-state index is -0.768. The fourth-order valence-electron chi connectivity index (χ4n) is 3.56. The number of anilines is 1. The lowest BCUT2D eigenvalue weighted by atomic mass is 10.1. The Hall–Kier alpha value is -2.77. The Balaban J connectivity index is 1.94. The van der Waals surface area contributed by atoms with E-state index in [-0.39, 0.29) is 41.2 Å². The molecule has 1 N–H and O–H groups in total. The molecular weight excluding hydrogens is 340 g/mol. The maximum absolute atomic E-state index is 12.5. The van der Waals surface area contributed by atoms with Gasteiger partial charge in [-0.15, -0.1) is 0 Å². The minimum absolute atomic E-state index is 0.0869.